The average Bonchev–Trinajstić information content (AvgIpc) is 3.25. The number of aliphatic hydroxyl groups excluding tert-OH is 1. The van der Waals surface area contributed by atoms with Gasteiger partial charge >= 0.3 is 0 Å². The molecule has 4 aliphatic heterocycles. The van der Waals surface area contributed by atoms with Gasteiger partial charge in [-0.05, 0) is 24.5 Å². The van der Waals surface area contributed by atoms with Crippen molar-refractivity contribution < 1.29 is 24.2 Å². The summed E-state index contributed by atoms with van der Waals surface area (Å²) in [7, 11) is 1.72. The maximum absolute atomic E-state index is 14.6. The van der Waals surface area contributed by atoms with Crippen LogP contribution in [0.2, 0.25) is 0 Å². The zero-order chi connectivity index (χ0) is 28.1. The fraction of sp³-hybridized carbons (Fsp3) is 0.406. The van der Waals surface area contributed by atoms with Crippen molar-refractivity contribution in [3.63, 3.8) is 0 Å². The predicted molar refractivity (Wildman–Crippen MR) is 149 cm³/mol. The van der Waals surface area contributed by atoms with Gasteiger partial charge in [0.2, 0.25) is 17.7 Å². The molecule has 208 valence electrons. The number of ether oxygens (including phenoxy) is 1. The number of aliphatic hydroxyl groups is 1. The highest BCUT2D eigenvalue weighted by Gasteiger charge is 2.75. The maximum Gasteiger partial charge on any atom is 0.249 e. The lowest BCUT2D eigenvalue weighted by Crippen LogP contribution is -2.59. The van der Waals surface area contributed by atoms with E-state index in [-0.39, 0.29) is 24.3 Å². The number of benzene rings is 2. The molecule has 0 radical (unpaired) electrons. The van der Waals surface area contributed by atoms with E-state index >= 15 is 0 Å². The normalized spacial score (nSPS) is 32.0. The van der Waals surface area contributed by atoms with Crippen molar-refractivity contribution in [1.82, 2.24) is 14.7 Å². The smallest absolute Gasteiger partial charge is 0.249 e. The number of carbonyl (C=O) groups excluding carboxylic acids is 3. The highest BCUT2D eigenvalue weighted by atomic mass is 16.5. The Morgan fingerprint density at radius 1 is 0.875 bits per heavy atom. The predicted octanol–water partition coefficient (Wildman–Crippen LogP) is 2.19. The number of carbonyl (C=O) groups is 3. The third-order valence-electron chi connectivity index (χ3n) is 8.91. The largest absolute Gasteiger partial charge is 0.394 e. The Kier molecular flexibility index (Phi) is 6.63. The first-order valence-electron chi connectivity index (χ1n) is 13.9. The molecule has 3 amide bonds. The lowest BCUT2D eigenvalue weighted by molar-refractivity contribution is -0.155. The highest BCUT2D eigenvalue weighted by molar-refractivity contribution is 6.00. The van der Waals surface area contributed by atoms with Gasteiger partial charge in [-0.3, -0.25) is 14.4 Å². The van der Waals surface area contributed by atoms with Crippen LogP contribution in [0, 0.1) is 11.8 Å². The summed E-state index contributed by atoms with van der Waals surface area (Å²) in [6, 6.07) is 17.7. The van der Waals surface area contributed by atoms with Crippen LogP contribution in [-0.2, 0) is 32.1 Å². The summed E-state index contributed by atoms with van der Waals surface area (Å²) >= 11 is 0. The molecule has 1 N–H and O–H groups in total. The number of amides is 3. The van der Waals surface area contributed by atoms with Crippen molar-refractivity contribution in [3.8, 4) is 0 Å². The average molecular weight is 542 g/mol. The fourth-order valence-electron chi connectivity index (χ4n) is 7.11. The molecule has 4 heterocycles. The van der Waals surface area contributed by atoms with Gasteiger partial charge in [-0.1, -0.05) is 85.0 Å². The van der Waals surface area contributed by atoms with E-state index in [0.717, 1.165) is 11.1 Å². The lowest BCUT2D eigenvalue weighted by Gasteiger charge is -2.40. The molecular formula is C32H35N3O5. The van der Waals surface area contributed by atoms with Gasteiger partial charge < -0.3 is 24.5 Å². The van der Waals surface area contributed by atoms with Crippen molar-refractivity contribution in [1.29, 1.82) is 0 Å². The van der Waals surface area contributed by atoms with Gasteiger partial charge in [0.15, 0.2) is 0 Å². The number of hydrogen-bond acceptors (Lipinski definition) is 5. The molecule has 0 aromatic heterocycles. The number of nitrogens with zero attached hydrogens (tertiary/aromatic N) is 3. The highest BCUT2D eigenvalue weighted by Crippen LogP contribution is 2.57. The minimum Gasteiger partial charge on any atom is -0.394 e. The van der Waals surface area contributed by atoms with Gasteiger partial charge in [0.1, 0.15) is 11.6 Å². The third kappa shape index (κ3) is 4.09. The maximum atomic E-state index is 14.6. The third-order valence-corrected chi connectivity index (χ3v) is 8.91. The van der Waals surface area contributed by atoms with Crippen LogP contribution in [-0.4, -0.2) is 87.6 Å². The molecule has 0 saturated carbocycles. The first-order valence-corrected chi connectivity index (χ1v) is 13.9. The van der Waals surface area contributed by atoms with Crippen LogP contribution in [0.25, 0.3) is 0 Å². The molecule has 8 heteroatoms. The molecule has 2 aromatic rings. The fourth-order valence-corrected chi connectivity index (χ4v) is 7.11. The van der Waals surface area contributed by atoms with Gasteiger partial charge in [-0.25, -0.2) is 0 Å². The van der Waals surface area contributed by atoms with Crippen molar-refractivity contribution in [3.05, 3.63) is 96.1 Å². The van der Waals surface area contributed by atoms with Crippen molar-refractivity contribution in [2.45, 2.75) is 43.2 Å². The molecule has 6 rings (SSSR count). The molecule has 2 aromatic carbocycles. The Bertz CT molecular complexity index is 1360. The summed E-state index contributed by atoms with van der Waals surface area (Å²) < 4.78 is 6.85. The second kappa shape index (κ2) is 10.0. The molecule has 1 spiro atoms. The quantitative estimate of drug-likeness (QED) is 0.567. The van der Waals surface area contributed by atoms with Gasteiger partial charge in [-0.2, -0.15) is 0 Å². The van der Waals surface area contributed by atoms with Crippen LogP contribution < -0.4 is 0 Å². The second-order valence-electron chi connectivity index (χ2n) is 11.5. The van der Waals surface area contributed by atoms with Crippen LogP contribution in [0.15, 0.2) is 85.0 Å². The number of likely N-dealkylation sites (N-methyl/N-ethyl adjacent to an activating group) is 1. The van der Waals surface area contributed by atoms with E-state index in [1.165, 1.54) is 4.90 Å². The second-order valence-corrected chi connectivity index (χ2v) is 11.5. The Balaban J connectivity index is 1.47. The molecule has 6 atom stereocenters. The summed E-state index contributed by atoms with van der Waals surface area (Å²) in [6.45, 7) is 2.64. The molecule has 0 bridgehead atoms. The molecule has 4 aliphatic rings. The molecule has 0 aliphatic carbocycles. The Hall–Kier alpha value is -3.75. The van der Waals surface area contributed by atoms with Gasteiger partial charge in [0, 0.05) is 26.7 Å². The summed E-state index contributed by atoms with van der Waals surface area (Å²) in [5.74, 6) is -2.46. The topological polar surface area (TPSA) is 90.4 Å². The number of rotatable bonds is 6. The first kappa shape index (κ1) is 26.5. The van der Waals surface area contributed by atoms with Crippen LogP contribution in [0.1, 0.15) is 18.1 Å². The van der Waals surface area contributed by atoms with E-state index < -0.39 is 35.1 Å². The zero-order valence-corrected chi connectivity index (χ0v) is 22.8. The van der Waals surface area contributed by atoms with Crippen molar-refractivity contribution >= 4 is 17.7 Å². The molecule has 1 unspecified atom stereocenters. The summed E-state index contributed by atoms with van der Waals surface area (Å²) in [5, 5.41) is 10.6. The summed E-state index contributed by atoms with van der Waals surface area (Å²) in [4.78, 5) is 47.7. The van der Waals surface area contributed by atoms with E-state index in [2.05, 4.69) is 0 Å². The van der Waals surface area contributed by atoms with Gasteiger partial charge in [-0.15, -0.1) is 0 Å². The standard InChI is InChI=1S/C32H35N3O5/c1-31-15-9-17-33(2)28(37)25(31)26-29(38)35(24(21-36)19-22-11-5-3-6-12-22)27-30(39)34(18-10-16-32(26,27)40-31)20-23-13-7-4-8-14-23/h3-16,24-27,36H,17-21H2,1-2H3/t24-,25+,26+,27?,31-,32+/m1/s1. The van der Waals surface area contributed by atoms with Crippen LogP contribution in [0.3, 0.4) is 0 Å². The number of hydrogen-bond donors (Lipinski definition) is 1. The Labute approximate surface area is 234 Å². The van der Waals surface area contributed by atoms with Crippen LogP contribution in [0.4, 0.5) is 0 Å². The monoisotopic (exact) mass is 541 g/mol. The van der Waals surface area contributed by atoms with Crippen LogP contribution >= 0.6 is 0 Å². The van der Waals surface area contributed by atoms with Gasteiger partial charge in [0.05, 0.1) is 30.1 Å². The van der Waals surface area contributed by atoms with E-state index in [4.69, 9.17) is 4.74 Å². The Morgan fingerprint density at radius 2 is 1.52 bits per heavy atom. The SMILES string of the molecule is CN1CC=C[C@@]2(C)O[C@]34C=CCN(Cc5ccccc5)C(=O)C3N([C@@H](CO)Cc3ccccc3)C(=O)[C@@H]4[C@H]2C1=O. The van der Waals surface area contributed by atoms with E-state index in [0.29, 0.717) is 26.1 Å². The minimum atomic E-state index is -1.35. The van der Waals surface area contributed by atoms with Gasteiger partial charge in [0.25, 0.3) is 0 Å². The van der Waals surface area contributed by atoms with E-state index in [1.54, 1.807) is 16.8 Å². The van der Waals surface area contributed by atoms with E-state index in [9.17, 15) is 19.5 Å². The molecule has 40 heavy (non-hydrogen) atoms. The molecule has 8 nitrogen and oxygen atoms in total. The number of likely N-dealkylation sites (tertiary alicyclic amines) is 1. The molecule has 2 fully saturated rings. The summed E-state index contributed by atoms with van der Waals surface area (Å²) in [6.07, 6.45) is 7.87. The number of fused-ring (bicyclic) bond motifs is 2. The molecule has 2 saturated heterocycles. The summed E-state index contributed by atoms with van der Waals surface area (Å²) in [5.41, 5.74) is -0.488. The Morgan fingerprint density at radius 3 is 2.20 bits per heavy atom. The molecular weight excluding hydrogens is 506 g/mol. The van der Waals surface area contributed by atoms with E-state index in [1.807, 2.05) is 91.9 Å². The van der Waals surface area contributed by atoms with Crippen LogP contribution in [0.5, 0.6) is 0 Å². The minimum absolute atomic E-state index is 0.182. The van der Waals surface area contributed by atoms with Crippen molar-refractivity contribution in [2.24, 2.45) is 11.8 Å². The zero-order valence-electron chi connectivity index (χ0n) is 22.8. The first-order chi connectivity index (χ1) is 19.3. The van der Waals surface area contributed by atoms with Crippen molar-refractivity contribution in [2.75, 3.05) is 26.7 Å². The lowest BCUT2D eigenvalue weighted by atomic mass is 9.74.